The molecule has 1 saturated carbocycles. The van der Waals surface area contributed by atoms with Gasteiger partial charge in [0.05, 0.1) is 19.1 Å². The first-order chi connectivity index (χ1) is 8.29. The van der Waals surface area contributed by atoms with Gasteiger partial charge in [0, 0.05) is 0 Å². The SMILES string of the molecule is CCCCOOC1CCCCC1C(=O)OCC. The fourth-order valence-corrected chi connectivity index (χ4v) is 2.07. The molecule has 2 unspecified atom stereocenters. The molecule has 0 aliphatic heterocycles. The minimum Gasteiger partial charge on any atom is -0.466 e. The van der Waals surface area contributed by atoms with E-state index in [0.29, 0.717) is 13.2 Å². The van der Waals surface area contributed by atoms with Crippen LogP contribution in [0.1, 0.15) is 52.4 Å². The van der Waals surface area contributed by atoms with E-state index in [2.05, 4.69) is 6.92 Å². The van der Waals surface area contributed by atoms with Gasteiger partial charge in [0.25, 0.3) is 0 Å². The molecule has 4 nitrogen and oxygen atoms in total. The van der Waals surface area contributed by atoms with E-state index >= 15 is 0 Å². The zero-order valence-electron chi connectivity index (χ0n) is 10.9. The lowest BCUT2D eigenvalue weighted by molar-refractivity contribution is -0.336. The maximum absolute atomic E-state index is 11.7. The second-order valence-corrected chi connectivity index (χ2v) is 4.45. The third kappa shape index (κ3) is 5.04. The lowest BCUT2D eigenvalue weighted by Crippen LogP contribution is -2.35. The summed E-state index contributed by atoms with van der Waals surface area (Å²) < 4.78 is 5.06. The van der Waals surface area contributed by atoms with Crippen molar-refractivity contribution in [2.75, 3.05) is 13.2 Å². The van der Waals surface area contributed by atoms with Gasteiger partial charge >= 0.3 is 5.97 Å². The predicted octanol–water partition coefficient (Wildman–Crippen LogP) is 2.86. The van der Waals surface area contributed by atoms with Gasteiger partial charge in [-0.1, -0.05) is 26.2 Å². The molecule has 0 aromatic heterocycles. The number of hydrogen-bond donors (Lipinski definition) is 0. The number of carbonyl (C=O) groups excluding carboxylic acids is 1. The molecule has 0 aromatic carbocycles. The van der Waals surface area contributed by atoms with E-state index in [1.807, 2.05) is 6.92 Å². The summed E-state index contributed by atoms with van der Waals surface area (Å²) in [5, 5.41) is 0. The molecule has 0 saturated heterocycles. The van der Waals surface area contributed by atoms with E-state index in [4.69, 9.17) is 14.5 Å². The second kappa shape index (κ2) is 8.48. The summed E-state index contributed by atoms with van der Waals surface area (Å²) in [6.07, 6.45) is 5.83. The molecule has 0 amide bonds. The standard InChI is InChI=1S/C13H24O4/c1-3-5-10-16-17-12-9-7-6-8-11(12)13(14)15-4-2/h11-12H,3-10H2,1-2H3. The normalized spacial score (nSPS) is 24.6. The predicted molar refractivity (Wildman–Crippen MR) is 64.3 cm³/mol. The van der Waals surface area contributed by atoms with Crippen LogP contribution >= 0.6 is 0 Å². The topological polar surface area (TPSA) is 44.8 Å². The minimum absolute atomic E-state index is 0.125. The van der Waals surface area contributed by atoms with Gasteiger partial charge in [-0.2, -0.15) is 0 Å². The van der Waals surface area contributed by atoms with Crippen LogP contribution in [0.3, 0.4) is 0 Å². The summed E-state index contributed by atoms with van der Waals surface area (Å²) in [6.45, 7) is 4.96. The Morgan fingerprint density at radius 1 is 1.24 bits per heavy atom. The van der Waals surface area contributed by atoms with Crippen molar-refractivity contribution in [2.45, 2.75) is 58.5 Å². The van der Waals surface area contributed by atoms with Crippen LogP contribution in [-0.4, -0.2) is 25.3 Å². The van der Waals surface area contributed by atoms with Gasteiger partial charge in [-0.15, -0.1) is 0 Å². The molecule has 2 atom stereocenters. The highest BCUT2D eigenvalue weighted by atomic mass is 17.2. The first-order valence-corrected chi connectivity index (χ1v) is 6.74. The first-order valence-electron chi connectivity index (χ1n) is 6.74. The fourth-order valence-electron chi connectivity index (χ4n) is 2.07. The highest BCUT2D eigenvalue weighted by molar-refractivity contribution is 5.73. The van der Waals surface area contributed by atoms with Gasteiger partial charge < -0.3 is 4.74 Å². The largest absolute Gasteiger partial charge is 0.466 e. The Bertz CT molecular complexity index is 217. The van der Waals surface area contributed by atoms with Crippen LogP contribution in [-0.2, 0) is 19.3 Å². The summed E-state index contributed by atoms with van der Waals surface area (Å²) in [4.78, 5) is 22.3. The zero-order valence-corrected chi connectivity index (χ0v) is 10.9. The van der Waals surface area contributed by atoms with Crippen LogP contribution in [0.4, 0.5) is 0 Å². The van der Waals surface area contributed by atoms with Gasteiger partial charge in [0.2, 0.25) is 0 Å². The molecule has 0 heterocycles. The molecule has 1 aliphatic rings. The van der Waals surface area contributed by atoms with Gasteiger partial charge in [-0.25, -0.2) is 9.78 Å². The van der Waals surface area contributed by atoms with E-state index in [9.17, 15) is 4.79 Å². The Morgan fingerprint density at radius 2 is 2.00 bits per heavy atom. The lowest BCUT2D eigenvalue weighted by Gasteiger charge is -2.28. The summed E-state index contributed by atoms with van der Waals surface area (Å²) in [7, 11) is 0. The molecule has 17 heavy (non-hydrogen) atoms. The Labute approximate surface area is 104 Å². The van der Waals surface area contributed by atoms with Crippen LogP contribution in [0.2, 0.25) is 0 Å². The molecular weight excluding hydrogens is 220 g/mol. The number of esters is 1. The Kier molecular flexibility index (Phi) is 7.21. The van der Waals surface area contributed by atoms with Gasteiger partial charge in [-0.05, 0) is 26.2 Å². The molecule has 4 heteroatoms. The van der Waals surface area contributed by atoms with Crippen molar-refractivity contribution in [1.29, 1.82) is 0 Å². The number of ether oxygens (including phenoxy) is 1. The highest BCUT2D eigenvalue weighted by Gasteiger charge is 2.33. The van der Waals surface area contributed by atoms with Crippen molar-refractivity contribution >= 4 is 5.97 Å². The Balaban J connectivity index is 2.34. The third-order valence-electron chi connectivity index (χ3n) is 3.06. The van der Waals surface area contributed by atoms with E-state index in [0.717, 1.165) is 38.5 Å². The Morgan fingerprint density at radius 3 is 2.71 bits per heavy atom. The van der Waals surface area contributed by atoms with Gasteiger partial charge in [0.15, 0.2) is 0 Å². The van der Waals surface area contributed by atoms with Crippen molar-refractivity contribution in [3.63, 3.8) is 0 Å². The van der Waals surface area contributed by atoms with Crippen molar-refractivity contribution in [3.05, 3.63) is 0 Å². The Hall–Kier alpha value is -0.610. The van der Waals surface area contributed by atoms with Crippen LogP contribution in [0.25, 0.3) is 0 Å². The molecule has 1 aliphatic carbocycles. The van der Waals surface area contributed by atoms with Crippen molar-refractivity contribution in [2.24, 2.45) is 5.92 Å². The third-order valence-corrected chi connectivity index (χ3v) is 3.06. The quantitative estimate of drug-likeness (QED) is 0.299. The van der Waals surface area contributed by atoms with Gasteiger partial charge in [-0.3, -0.25) is 4.79 Å². The van der Waals surface area contributed by atoms with E-state index < -0.39 is 0 Å². The summed E-state index contributed by atoms with van der Waals surface area (Å²) in [5.74, 6) is -0.290. The number of rotatable bonds is 7. The first kappa shape index (κ1) is 14.5. The molecule has 1 fully saturated rings. The molecule has 1 rings (SSSR count). The lowest BCUT2D eigenvalue weighted by atomic mass is 9.86. The molecule has 100 valence electrons. The molecule has 0 spiro atoms. The fraction of sp³-hybridized carbons (Fsp3) is 0.923. The molecule has 0 aromatic rings. The average Bonchev–Trinajstić information content (AvgIpc) is 2.35. The van der Waals surface area contributed by atoms with E-state index in [-0.39, 0.29) is 18.0 Å². The molecular formula is C13H24O4. The van der Waals surface area contributed by atoms with E-state index in [1.54, 1.807) is 0 Å². The monoisotopic (exact) mass is 244 g/mol. The highest BCUT2D eigenvalue weighted by Crippen LogP contribution is 2.28. The number of carbonyl (C=O) groups is 1. The summed E-state index contributed by atoms with van der Waals surface area (Å²) in [5.41, 5.74) is 0. The number of unbranched alkanes of at least 4 members (excludes halogenated alkanes) is 1. The van der Waals surface area contributed by atoms with E-state index in [1.165, 1.54) is 0 Å². The van der Waals surface area contributed by atoms with Crippen LogP contribution in [0.5, 0.6) is 0 Å². The van der Waals surface area contributed by atoms with Crippen LogP contribution in [0.15, 0.2) is 0 Å². The van der Waals surface area contributed by atoms with Gasteiger partial charge in [0.1, 0.15) is 6.10 Å². The zero-order chi connectivity index (χ0) is 12.5. The average molecular weight is 244 g/mol. The van der Waals surface area contributed by atoms with Crippen LogP contribution in [0, 0.1) is 5.92 Å². The molecule has 0 radical (unpaired) electrons. The molecule has 0 bridgehead atoms. The number of hydrogen-bond acceptors (Lipinski definition) is 4. The molecule has 0 N–H and O–H groups in total. The van der Waals surface area contributed by atoms with Crippen LogP contribution < -0.4 is 0 Å². The van der Waals surface area contributed by atoms with Crippen molar-refractivity contribution in [1.82, 2.24) is 0 Å². The summed E-state index contributed by atoms with van der Waals surface area (Å²) >= 11 is 0. The van der Waals surface area contributed by atoms with Crippen molar-refractivity contribution < 1.29 is 19.3 Å². The maximum Gasteiger partial charge on any atom is 0.311 e. The smallest absolute Gasteiger partial charge is 0.311 e. The second-order valence-electron chi connectivity index (χ2n) is 4.45. The summed E-state index contributed by atoms with van der Waals surface area (Å²) in [6, 6.07) is 0. The maximum atomic E-state index is 11.7. The minimum atomic E-state index is -0.148. The van der Waals surface area contributed by atoms with Crippen molar-refractivity contribution in [3.8, 4) is 0 Å².